The van der Waals surface area contributed by atoms with Crippen molar-refractivity contribution in [2.24, 2.45) is 0 Å². The first-order valence-electron chi connectivity index (χ1n) is 5.82. The number of aromatic nitrogens is 1. The summed E-state index contributed by atoms with van der Waals surface area (Å²) in [6.07, 6.45) is 3.31. The third kappa shape index (κ3) is 3.71. The number of likely N-dealkylation sites (tertiary alicyclic amines) is 1. The van der Waals surface area contributed by atoms with Crippen LogP contribution in [0.15, 0.2) is 24.5 Å². The van der Waals surface area contributed by atoms with Crippen LogP contribution in [0, 0.1) is 0 Å². The summed E-state index contributed by atoms with van der Waals surface area (Å²) in [5.74, 6) is 0. The molecule has 1 unspecified atom stereocenters. The van der Waals surface area contributed by atoms with E-state index in [1.165, 1.54) is 0 Å². The minimum atomic E-state index is -1.43. The van der Waals surface area contributed by atoms with Crippen LogP contribution < -0.4 is 0 Å². The third-order valence-corrected chi connectivity index (χ3v) is 4.63. The van der Waals surface area contributed by atoms with Crippen LogP contribution in [-0.2, 0) is 10.5 Å². The fourth-order valence-electron chi connectivity index (χ4n) is 2.31. The Morgan fingerprint density at radius 2 is 2.10 bits per heavy atom. The van der Waals surface area contributed by atoms with Crippen molar-refractivity contribution in [1.82, 2.24) is 9.88 Å². The van der Waals surface area contributed by atoms with Crippen LogP contribution in [0.1, 0.15) is 12.0 Å². The van der Waals surface area contributed by atoms with Gasteiger partial charge in [-0.25, -0.2) is 0 Å². The van der Waals surface area contributed by atoms with E-state index in [-0.39, 0.29) is 31.4 Å². The number of alkyl halides is 1. The predicted octanol–water partition coefficient (Wildman–Crippen LogP) is 0.735. The molecule has 0 bridgehead atoms. The van der Waals surface area contributed by atoms with Gasteiger partial charge in [-0.2, -0.15) is 0 Å². The van der Waals surface area contributed by atoms with E-state index in [0.717, 1.165) is 23.1 Å². The quantitative estimate of drug-likeness (QED) is 0.612. The summed E-state index contributed by atoms with van der Waals surface area (Å²) in [6, 6.07) is 3.34. The number of carbonyl (C=O) groups excluding carboxylic acids is 1. The number of aldehydes is 1. The summed E-state index contributed by atoms with van der Waals surface area (Å²) in [4.78, 5) is 16.6. The topological polar surface area (TPSA) is 53.4 Å². The number of hydrogen-bond donors (Lipinski definition) is 1. The van der Waals surface area contributed by atoms with Gasteiger partial charge in [-0.15, -0.1) is 24.8 Å². The third-order valence-electron chi connectivity index (χ3n) is 3.33. The first-order valence-corrected chi connectivity index (χ1v) is 7.21. The number of rotatable bonds is 4. The summed E-state index contributed by atoms with van der Waals surface area (Å²) < 4.78 is 12.8. The maximum absolute atomic E-state index is 13.3. The van der Waals surface area contributed by atoms with Gasteiger partial charge in [0, 0.05) is 0 Å². The zero-order chi connectivity index (χ0) is 13.2. The normalized spacial score (nSPS) is 23.1. The van der Waals surface area contributed by atoms with Crippen molar-refractivity contribution in [2.75, 3.05) is 13.1 Å². The maximum atomic E-state index is 13.3. The molecule has 114 valence electrons. The average molecular weight is 387 g/mol. The van der Waals surface area contributed by atoms with Crippen LogP contribution in [0.3, 0.4) is 0 Å². The second kappa shape index (κ2) is 8.30. The van der Waals surface area contributed by atoms with Gasteiger partial charge in [0.2, 0.25) is 0 Å². The van der Waals surface area contributed by atoms with E-state index >= 15 is 0 Å². The molecule has 4 nitrogen and oxygen atoms in total. The molecular weight excluding hydrogens is 369 g/mol. The second-order valence-electron chi connectivity index (χ2n) is 4.46. The standard InChI is InChI=1S/C12H16AsFN2O2.2ClH/c13-11(8-17)12(18,9-1-4-15-5-2-9)16-6-3-10(14)7-16;;/h1-2,4-5,8,10-11,18H,3,6-7,13H2;2*1H/t10-,11+,12+;;/m1../s1. The molecule has 0 aliphatic carbocycles. The van der Waals surface area contributed by atoms with Crippen molar-refractivity contribution < 1.29 is 14.3 Å². The van der Waals surface area contributed by atoms with Crippen LogP contribution >= 0.6 is 24.8 Å². The number of carbonyl (C=O) groups is 1. The Morgan fingerprint density at radius 1 is 1.50 bits per heavy atom. The predicted molar refractivity (Wildman–Crippen MR) is 82.1 cm³/mol. The molecular formula is C12H18AsCl2FN2O2. The van der Waals surface area contributed by atoms with E-state index in [2.05, 4.69) is 4.98 Å². The molecule has 20 heavy (non-hydrogen) atoms. The summed E-state index contributed by atoms with van der Waals surface area (Å²) >= 11 is 1.13. The van der Waals surface area contributed by atoms with Crippen LogP contribution in [0.5, 0.6) is 0 Å². The summed E-state index contributed by atoms with van der Waals surface area (Å²) in [5.41, 5.74) is -0.834. The molecule has 1 saturated heterocycles. The number of aliphatic hydroxyl groups is 1. The SMILES string of the molecule is Cl.Cl.O=C[C@H]([AsH2])[C@@](O)(c1ccncc1)N1CC[C@@H](F)C1. The fourth-order valence-corrected chi connectivity index (χ4v) is 3.15. The monoisotopic (exact) mass is 386 g/mol. The Kier molecular flexibility index (Phi) is 8.22. The molecule has 1 aliphatic heterocycles. The van der Waals surface area contributed by atoms with E-state index in [1.54, 1.807) is 29.4 Å². The fraction of sp³-hybridized carbons (Fsp3) is 0.500. The average Bonchev–Trinajstić information content (AvgIpc) is 2.85. The summed E-state index contributed by atoms with van der Waals surface area (Å²) in [7, 11) is 0. The van der Waals surface area contributed by atoms with Crippen LogP contribution in [-0.4, -0.2) is 57.4 Å². The van der Waals surface area contributed by atoms with Crippen molar-refractivity contribution in [2.45, 2.75) is 23.0 Å². The van der Waals surface area contributed by atoms with Crippen molar-refractivity contribution in [3.8, 4) is 0 Å². The zero-order valence-electron chi connectivity index (χ0n) is 10.7. The molecule has 0 radical (unpaired) electrons. The minimum absolute atomic E-state index is 0. The first-order chi connectivity index (χ1) is 8.59. The van der Waals surface area contributed by atoms with Gasteiger partial charge >= 0.3 is 114 Å². The Morgan fingerprint density at radius 3 is 2.55 bits per heavy atom. The zero-order valence-corrected chi connectivity index (χ0v) is 14.7. The molecule has 4 atom stereocenters. The number of pyridine rings is 1. The first kappa shape index (κ1) is 19.8. The molecule has 2 heterocycles. The van der Waals surface area contributed by atoms with Gasteiger partial charge in [0.25, 0.3) is 0 Å². The molecule has 0 spiro atoms. The van der Waals surface area contributed by atoms with Crippen LogP contribution in [0.25, 0.3) is 0 Å². The molecule has 0 amide bonds. The van der Waals surface area contributed by atoms with Gasteiger partial charge in [0.1, 0.15) is 0 Å². The molecule has 0 saturated carbocycles. The molecule has 0 aromatic carbocycles. The van der Waals surface area contributed by atoms with Gasteiger partial charge in [-0.05, 0) is 0 Å². The molecule has 1 aliphatic rings. The molecule has 8 heteroatoms. The Bertz CT molecular complexity index is 429. The van der Waals surface area contributed by atoms with Gasteiger partial charge in [-0.3, -0.25) is 0 Å². The van der Waals surface area contributed by atoms with Gasteiger partial charge < -0.3 is 0 Å². The van der Waals surface area contributed by atoms with E-state index in [9.17, 15) is 14.3 Å². The van der Waals surface area contributed by atoms with E-state index in [1.807, 2.05) is 0 Å². The van der Waals surface area contributed by atoms with Crippen molar-refractivity contribution >= 4 is 48.0 Å². The Labute approximate surface area is 138 Å². The van der Waals surface area contributed by atoms with Crippen LogP contribution in [0.4, 0.5) is 4.39 Å². The number of hydrogen-bond acceptors (Lipinski definition) is 4. The van der Waals surface area contributed by atoms with Gasteiger partial charge in [-0.1, -0.05) is 0 Å². The summed E-state index contributed by atoms with van der Waals surface area (Å²) in [6.45, 7) is 0.612. The molecule has 1 N–H and O–H groups in total. The van der Waals surface area contributed by atoms with Gasteiger partial charge in [0.05, 0.1) is 0 Å². The molecule has 2 rings (SSSR count). The van der Waals surface area contributed by atoms with Gasteiger partial charge in [0.15, 0.2) is 0 Å². The number of nitrogens with zero attached hydrogens (tertiary/aromatic N) is 2. The Hall–Kier alpha value is -0.192. The second-order valence-corrected chi connectivity index (χ2v) is 5.96. The molecule has 1 aromatic heterocycles. The Balaban J connectivity index is 0.00000180. The molecule has 1 fully saturated rings. The van der Waals surface area contributed by atoms with Crippen molar-refractivity contribution in [3.05, 3.63) is 30.1 Å². The van der Waals surface area contributed by atoms with E-state index in [0.29, 0.717) is 18.5 Å². The van der Waals surface area contributed by atoms with Crippen molar-refractivity contribution in [3.63, 3.8) is 0 Å². The van der Waals surface area contributed by atoms with E-state index < -0.39 is 16.6 Å². The summed E-state index contributed by atoms with van der Waals surface area (Å²) in [5, 5.41) is 10.9. The number of halogens is 3. The van der Waals surface area contributed by atoms with Crippen LogP contribution in [0.2, 0.25) is 4.71 Å². The van der Waals surface area contributed by atoms with Crippen molar-refractivity contribution in [1.29, 1.82) is 0 Å². The van der Waals surface area contributed by atoms with E-state index in [4.69, 9.17) is 0 Å². The molecule has 1 aromatic rings.